The molecule has 1 rings (SSSR count). The summed E-state index contributed by atoms with van der Waals surface area (Å²) in [5.41, 5.74) is 0. The summed E-state index contributed by atoms with van der Waals surface area (Å²) in [6.45, 7) is 2.66. The van der Waals surface area contributed by atoms with Gasteiger partial charge in [0.05, 0.1) is 26.4 Å². The Kier molecular flexibility index (Phi) is 6.95. The highest BCUT2D eigenvalue weighted by Crippen LogP contribution is 2.05. The lowest BCUT2D eigenvalue weighted by Gasteiger charge is -2.22. The fourth-order valence-corrected chi connectivity index (χ4v) is 1.86. The van der Waals surface area contributed by atoms with Crippen molar-refractivity contribution in [1.29, 1.82) is 0 Å². The summed E-state index contributed by atoms with van der Waals surface area (Å²) >= 11 is 3.45. The van der Waals surface area contributed by atoms with E-state index in [4.69, 9.17) is 14.2 Å². The Morgan fingerprint density at radius 1 is 1.62 bits per heavy atom. The SMILES string of the molecule is COCC(Br)CCNC(=O)C1COCCO1. The van der Waals surface area contributed by atoms with Crippen LogP contribution in [0.3, 0.4) is 0 Å². The van der Waals surface area contributed by atoms with Crippen LogP contribution < -0.4 is 5.32 Å². The van der Waals surface area contributed by atoms with Crippen molar-refractivity contribution < 1.29 is 19.0 Å². The molecule has 2 unspecified atom stereocenters. The second-order valence-corrected chi connectivity index (χ2v) is 4.86. The molecule has 0 radical (unpaired) electrons. The van der Waals surface area contributed by atoms with Gasteiger partial charge in [0.2, 0.25) is 0 Å². The maximum Gasteiger partial charge on any atom is 0.251 e. The number of ether oxygens (including phenoxy) is 3. The van der Waals surface area contributed by atoms with Crippen LogP contribution in [0.15, 0.2) is 0 Å². The van der Waals surface area contributed by atoms with Crippen LogP contribution in [0.1, 0.15) is 6.42 Å². The van der Waals surface area contributed by atoms with E-state index in [-0.39, 0.29) is 10.7 Å². The lowest BCUT2D eigenvalue weighted by atomic mass is 10.3. The highest BCUT2D eigenvalue weighted by Gasteiger charge is 2.22. The average Bonchev–Trinajstić information content (AvgIpc) is 2.30. The van der Waals surface area contributed by atoms with E-state index in [1.165, 1.54) is 0 Å². The molecule has 6 heteroatoms. The van der Waals surface area contributed by atoms with Gasteiger partial charge in [-0.2, -0.15) is 0 Å². The largest absolute Gasteiger partial charge is 0.384 e. The Bertz CT molecular complexity index is 209. The highest BCUT2D eigenvalue weighted by atomic mass is 79.9. The monoisotopic (exact) mass is 295 g/mol. The van der Waals surface area contributed by atoms with Crippen molar-refractivity contribution in [2.45, 2.75) is 17.4 Å². The molecule has 1 aliphatic rings. The second-order valence-electron chi connectivity index (χ2n) is 3.57. The first-order valence-electron chi connectivity index (χ1n) is 5.34. The number of amides is 1. The van der Waals surface area contributed by atoms with E-state index in [1.54, 1.807) is 7.11 Å². The minimum absolute atomic E-state index is 0.100. The number of alkyl halides is 1. The van der Waals surface area contributed by atoms with E-state index < -0.39 is 6.10 Å². The lowest BCUT2D eigenvalue weighted by molar-refractivity contribution is -0.147. The molecule has 0 aromatic carbocycles. The number of halogens is 1. The molecule has 0 saturated carbocycles. The van der Waals surface area contributed by atoms with Crippen molar-refractivity contribution in [3.8, 4) is 0 Å². The number of carbonyl (C=O) groups is 1. The van der Waals surface area contributed by atoms with Crippen LogP contribution in [0.4, 0.5) is 0 Å². The number of carbonyl (C=O) groups excluding carboxylic acids is 1. The first kappa shape index (κ1) is 13.9. The van der Waals surface area contributed by atoms with Gasteiger partial charge in [0.1, 0.15) is 0 Å². The molecule has 2 atom stereocenters. The van der Waals surface area contributed by atoms with E-state index in [9.17, 15) is 4.79 Å². The first-order valence-corrected chi connectivity index (χ1v) is 6.25. The van der Waals surface area contributed by atoms with E-state index in [1.807, 2.05) is 0 Å². The molecule has 1 amide bonds. The Labute approximate surface area is 104 Å². The third kappa shape index (κ3) is 5.25. The molecule has 1 aliphatic heterocycles. The molecule has 0 aliphatic carbocycles. The molecule has 1 saturated heterocycles. The van der Waals surface area contributed by atoms with Crippen molar-refractivity contribution >= 4 is 21.8 Å². The number of methoxy groups -OCH3 is 1. The summed E-state index contributed by atoms with van der Waals surface area (Å²) < 4.78 is 15.4. The normalized spacial score (nSPS) is 22.8. The van der Waals surface area contributed by atoms with Crippen molar-refractivity contribution in [3.05, 3.63) is 0 Å². The van der Waals surface area contributed by atoms with Crippen LogP contribution in [0, 0.1) is 0 Å². The predicted octanol–water partition coefficient (Wildman–Crippen LogP) is 0.318. The Morgan fingerprint density at radius 2 is 2.44 bits per heavy atom. The summed E-state index contributed by atoms with van der Waals surface area (Å²) in [6.07, 6.45) is 0.373. The molecule has 5 nitrogen and oxygen atoms in total. The number of rotatable bonds is 6. The van der Waals surface area contributed by atoms with Gasteiger partial charge in [0.15, 0.2) is 6.10 Å². The number of hydrogen-bond acceptors (Lipinski definition) is 4. The smallest absolute Gasteiger partial charge is 0.251 e. The van der Waals surface area contributed by atoms with E-state index in [0.717, 1.165) is 6.42 Å². The first-order chi connectivity index (χ1) is 7.74. The zero-order chi connectivity index (χ0) is 11.8. The van der Waals surface area contributed by atoms with E-state index in [2.05, 4.69) is 21.2 Å². The predicted molar refractivity (Wildman–Crippen MR) is 62.8 cm³/mol. The third-order valence-corrected chi connectivity index (χ3v) is 2.93. The topological polar surface area (TPSA) is 56.8 Å². The zero-order valence-electron chi connectivity index (χ0n) is 9.41. The van der Waals surface area contributed by atoms with Gasteiger partial charge in [-0.3, -0.25) is 4.79 Å². The van der Waals surface area contributed by atoms with Gasteiger partial charge in [-0.05, 0) is 6.42 Å². The Balaban J connectivity index is 2.09. The molecule has 0 bridgehead atoms. The minimum Gasteiger partial charge on any atom is -0.384 e. The quantitative estimate of drug-likeness (QED) is 0.717. The van der Waals surface area contributed by atoms with Gasteiger partial charge < -0.3 is 19.5 Å². The fraction of sp³-hybridized carbons (Fsp3) is 0.900. The molecule has 0 aromatic rings. The lowest BCUT2D eigenvalue weighted by Crippen LogP contribution is -2.43. The van der Waals surface area contributed by atoms with Crippen molar-refractivity contribution in [2.75, 3.05) is 40.1 Å². The molecular weight excluding hydrogens is 278 g/mol. The van der Waals surface area contributed by atoms with Gasteiger partial charge in [-0.15, -0.1) is 0 Å². The number of nitrogens with one attached hydrogen (secondary N) is 1. The van der Waals surface area contributed by atoms with Crippen molar-refractivity contribution in [2.24, 2.45) is 0 Å². The molecule has 16 heavy (non-hydrogen) atoms. The van der Waals surface area contributed by atoms with Crippen LogP contribution in [-0.2, 0) is 19.0 Å². The van der Waals surface area contributed by atoms with Crippen molar-refractivity contribution in [1.82, 2.24) is 5.32 Å². The fourth-order valence-electron chi connectivity index (χ4n) is 1.37. The highest BCUT2D eigenvalue weighted by molar-refractivity contribution is 9.09. The van der Waals surface area contributed by atoms with Gasteiger partial charge in [0.25, 0.3) is 5.91 Å². The second kappa shape index (κ2) is 8.00. The number of hydrogen-bond donors (Lipinski definition) is 1. The molecule has 1 N–H and O–H groups in total. The Morgan fingerprint density at radius 3 is 3.06 bits per heavy atom. The van der Waals surface area contributed by atoms with Gasteiger partial charge >= 0.3 is 0 Å². The van der Waals surface area contributed by atoms with Crippen LogP contribution in [-0.4, -0.2) is 56.9 Å². The maximum atomic E-state index is 11.6. The minimum atomic E-state index is -0.454. The van der Waals surface area contributed by atoms with Gasteiger partial charge in [0, 0.05) is 18.5 Å². The van der Waals surface area contributed by atoms with Crippen LogP contribution in [0.5, 0.6) is 0 Å². The van der Waals surface area contributed by atoms with Crippen LogP contribution in [0.25, 0.3) is 0 Å². The molecule has 1 heterocycles. The summed E-state index contributed by atoms with van der Waals surface area (Å²) in [5.74, 6) is -0.100. The molecule has 0 spiro atoms. The third-order valence-electron chi connectivity index (χ3n) is 2.21. The standard InChI is InChI=1S/C10H18BrNO4/c1-14-6-8(11)2-3-12-10(13)9-7-15-4-5-16-9/h8-9H,2-7H2,1H3,(H,12,13). The van der Waals surface area contributed by atoms with Gasteiger partial charge in [-0.25, -0.2) is 0 Å². The molecule has 1 fully saturated rings. The average molecular weight is 296 g/mol. The summed E-state index contributed by atoms with van der Waals surface area (Å²) in [6, 6.07) is 0. The van der Waals surface area contributed by atoms with Crippen LogP contribution in [0.2, 0.25) is 0 Å². The van der Waals surface area contributed by atoms with E-state index >= 15 is 0 Å². The summed E-state index contributed by atoms with van der Waals surface area (Å²) in [4.78, 5) is 11.8. The molecule has 0 aromatic heterocycles. The summed E-state index contributed by atoms with van der Waals surface area (Å²) in [5, 5.41) is 2.81. The summed E-state index contributed by atoms with van der Waals surface area (Å²) in [7, 11) is 1.65. The zero-order valence-corrected chi connectivity index (χ0v) is 11.0. The van der Waals surface area contributed by atoms with E-state index in [0.29, 0.717) is 33.0 Å². The van der Waals surface area contributed by atoms with Crippen LogP contribution >= 0.6 is 15.9 Å². The van der Waals surface area contributed by atoms with Gasteiger partial charge in [-0.1, -0.05) is 15.9 Å². The van der Waals surface area contributed by atoms with Crippen molar-refractivity contribution in [3.63, 3.8) is 0 Å². The Hall–Kier alpha value is -0.170. The molecule has 94 valence electrons. The maximum absolute atomic E-state index is 11.6. The molecular formula is C10H18BrNO4.